The molecule has 0 aliphatic rings. The summed E-state index contributed by atoms with van der Waals surface area (Å²) in [4.78, 5) is 44.8. The van der Waals surface area contributed by atoms with Crippen LogP contribution in [0.15, 0.2) is 54.2 Å². The van der Waals surface area contributed by atoms with Gasteiger partial charge in [-0.05, 0) is 48.0 Å². The smallest absolute Gasteiger partial charge is 0.335 e. The molecule has 2 amide bonds. The molecule has 0 heterocycles. The number of hydrogen-bond donors (Lipinski definition) is 3. The fraction of sp³-hybridized carbons (Fsp3) is 0.0556. The summed E-state index contributed by atoms with van der Waals surface area (Å²) in [6.45, 7) is 1.23. The van der Waals surface area contributed by atoms with Gasteiger partial charge in [0.05, 0.1) is 10.5 Å². The third-order valence-electron chi connectivity index (χ3n) is 3.36. The number of carbonyl (C=O) groups is 3. The standard InChI is InChI=1S/C18H15N3O6/c1-11(22)19-16(10-12-2-8-15(9-3-12)21(26)27)17(23)20-14-6-4-13(5-7-14)18(24)25/h2-10H,1H3,(H,19,22)(H,20,23)(H,24,25)/b16-10+. The molecule has 27 heavy (non-hydrogen) atoms. The summed E-state index contributed by atoms with van der Waals surface area (Å²) in [6, 6.07) is 10.9. The van der Waals surface area contributed by atoms with Gasteiger partial charge in [0.25, 0.3) is 11.6 Å². The van der Waals surface area contributed by atoms with Crippen LogP contribution in [-0.4, -0.2) is 27.8 Å². The molecule has 0 aliphatic carbocycles. The van der Waals surface area contributed by atoms with E-state index in [1.807, 2.05) is 0 Å². The summed E-state index contributed by atoms with van der Waals surface area (Å²) in [5, 5.41) is 24.5. The number of nitro benzene ring substituents is 1. The molecule has 0 radical (unpaired) electrons. The fourth-order valence-electron chi connectivity index (χ4n) is 2.10. The van der Waals surface area contributed by atoms with Crippen molar-refractivity contribution in [3.63, 3.8) is 0 Å². The molecule has 0 bridgehead atoms. The van der Waals surface area contributed by atoms with Crippen LogP contribution in [0.4, 0.5) is 11.4 Å². The summed E-state index contributed by atoms with van der Waals surface area (Å²) in [7, 11) is 0. The van der Waals surface area contributed by atoms with E-state index in [4.69, 9.17) is 5.11 Å². The highest BCUT2D eigenvalue weighted by atomic mass is 16.6. The first kappa shape index (κ1) is 19.3. The number of amides is 2. The number of carboxylic acid groups (broad SMARTS) is 1. The van der Waals surface area contributed by atoms with E-state index >= 15 is 0 Å². The van der Waals surface area contributed by atoms with Crippen molar-refractivity contribution in [3.8, 4) is 0 Å². The van der Waals surface area contributed by atoms with Gasteiger partial charge in [-0.25, -0.2) is 4.79 Å². The van der Waals surface area contributed by atoms with Crippen molar-refractivity contribution in [2.45, 2.75) is 6.92 Å². The van der Waals surface area contributed by atoms with E-state index in [1.54, 1.807) is 0 Å². The first-order valence-corrected chi connectivity index (χ1v) is 7.64. The average Bonchev–Trinajstić information content (AvgIpc) is 2.61. The molecular weight excluding hydrogens is 354 g/mol. The molecule has 0 aliphatic heterocycles. The summed E-state index contributed by atoms with van der Waals surface area (Å²) < 4.78 is 0. The van der Waals surface area contributed by atoms with Gasteiger partial charge >= 0.3 is 5.97 Å². The zero-order valence-electron chi connectivity index (χ0n) is 14.1. The number of non-ortho nitro benzene ring substituents is 1. The fourth-order valence-corrected chi connectivity index (χ4v) is 2.10. The normalized spacial score (nSPS) is 10.8. The van der Waals surface area contributed by atoms with Gasteiger partial charge in [0, 0.05) is 24.7 Å². The lowest BCUT2D eigenvalue weighted by Crippen LogP contribution is -2.28. The van der Waals surface area contributed by atoms with Crippen LogP contribution < -0.4 is 10.6 Å². The van der Waals surface area contributed by atoms with Gasteiger partial charge in [0.15, 0.2) is 0 Å². The monoisotopic (exact) mass is 369 g/mol. The molecule has 0 spiro atoms. The number of nitrogens with one attached hydrogen (secondary N) is 2. The van der Waals surface area contributed by atoms with Gasteiger partial charge in [-0.15, -0.1) is 0 Å². The van der Waals surface area contributed by atoms with Crippen molar-refractivity contribution in [2.75, 3.05) is 5.32 Å². The molecule has 2 aromatic rings. The Bertz CT molecular complexity index is 917. The number of benzene rings is 2. The van der Waals surface area contributed by atoms with Crippen LogP contribution in [-0.2, 0) is 9.59 Å². The Labute approximate surface area is 153 Å². The number of hydrogen-bond acceptors (Lipinski definition) is 5. The predicted octanol–water partition coefficient (Wildman–Crippen LogP) is 2.41. The predicted molar refractivity (Wildman–Crippen MR) is 96.9 cm³/mol. The SMILES string of the molecule is CC(=O)N/C(=C/c1ccc([N+](=O)[O-])cc1)C(=O)Nc1ccc(C(=O)O)cc1. The molecule has 138 valence electrons. The van der Waals surface area contributed by atoms with Crippen LogP contribution in [0.5, 0.6) is 0 Å². The Kier molecular flexibility index (Phi) is 6.00. The van der Waals surface area contributed by atoms with E-state index in [1.165, 1.54) is 61.5 Å². The third kappa shape index (κ3) is 5.49. The van der Waals surface area contributed by atoms with E-state index < -0.39 is 22.7 Å². The van der Waals surface area contributed by atoms with Crippen molar-refractivity contribution in [2.24, 2.45) is 0 Å². The number of carbonyl (C=O) groups excluding carboxylic acids is 2. The molecule has 9 heteroatoms. The van der Waals surface area contributed by atoms with Crippen molar-refractivity contribution in [1.29, 1.82) is 0 Å². The highest BCUT2D eigenvalue weighted by molar-refractivity contribution is 6.08. The van der Waals surface area contributed by atoms with Crippen LogP contribution in [0, 0.1) is 10.1 Å². The van der Waals surface area contributed by atoms with Crippen molar-refractivity contribution >= 4 is 35.2 Å². The van der Waals surface area contributed by atoms with Gasteiger partial charge in [0.2, 0.25) is 5.91 Å². The Morgan fingerprint density at radius 3 is 2.11 bits per heavy atom. The Balaban J connectivity index is 2.23. The summed E-state index contributed by atoms with van der Waals surface area (Å²) >= 11 is 0. The number of anilines is 1. The van der Waals surface area contributed by atoms with Crippen molar-refractivity contribution in [1.82, 2.24) is 5.32 Å². The molecule has 0 unspecified atom stereocenters. The van der Waals surface area contributed by atoms with Gasteiger partial charge in [-0.2, -0.15) is 0 Å². The maximum Gasteiger partial charge on any atom is 0.335 e. The number of rotatable bonds is 6. The Hall–Kier alpha value is -4.01. The average molecular weight is 369 g/mol. The van der Waals surface area contributed by atoms with Crippen LogP contribution in [0.25, 0.3) is 6.08 Å². The maximum atomic E-state index is 12.4. The second kappa shape index (κ2) is 8.39. The zero-order valence-corrected chi connectivity index (χ0v) is 14.1. The van der Waals surface area contributed by atoms with E-state index in [0.717, 1.165) is 0 Å². The lowest BCUT2D eigenvalue weighted by Gasteiger charge is -2.10. The van der Waals surface area contributed by atoms with Gasteiger partial charge in [-0.1, -0.05) is 0 Å². The molecule has 0 atom stereocenters. The first-order chi connectivity index (χ1) is 12.8. The first-order valence-electron chi connectivity index (χ1n) is 7.64. The number of nitro groups is 1. The summed E-state index contributed by atoms with van der Waals surface area (Å²) in [6.07, 6.45) is 1.37. The number of carboxylic acids is 1. The van der Waals surface area contributed by atoms with Crippen LogP contribution >= 0.6 is 0 Å². The van der Waals surface area contributed by atoms with E-state index in [-0.39, 0.29) is 16.9 Å². The zero-order chi connectivity index (χ0) is 20.0. The number of nitrogens with zero attached hydrogens (tertiary/aromatic N) is 1. The maximum absolute atomic E-state index is 12.4. The van der Waals surface area contributed by atoms with Crippen LogP contribution in [0.3, 0.4) is 0 Å². The van der Waals surface area contributed by atoms with Crippen LogP contribution in [0.2, 0.25) is 0 Å². The molecule has 2 aromatic carbocycles. The molecular formula is C18H15N3O6. The highest BCUT2D eigenvalue weighted by Gasteiger charge is 2.13. The third-order valence-corrected chi connectivity index (χ3v) is 3.36. The quantitative estimate of drug-likeness (QED) is 0.406. The Morgan fingerprint density at radius 2 is 1.63 bits per heavy atom. The van der Waals surface area contributed by atoms with E-state index in [0.29, 0.717) is 11.3 Å². The van der Waals surface area contributed by atoms with Gasteiger partial charge < -0.3 is 15.7 Å². The number of aromatic carboxylic acids is 1. The second-order valence-electron chi connectivity index (χ2n) is 5.42. The minimum Gasteiger partial charge on any atom is -0.478 e. The molecule has 0 saturated heterocycles. The Morgan fingerprint density at radius 1 is 1.04 bits per heavy atom. The van der Waals surface area contributed by atoms with Gasteiger partial charge in [0.1, 0.15) is 5.70 Å². The van der Waals surface area contributed by atoms with Crippen LogP contribution in [0.1, 0.15) is 22.8 Å². The van der Waals surface area contributed by atoms with Crippen molar-refractivity contribution in [3.05, 3.63) is 75.5 Å². The molecule has 3 N–H and O–H groups in total. The summed E-state index contributed by atoms with van der Waals surface area (Å²) in [5.74, 6) is -2.20. The largest absolute Gasteiger partial charge is 0.478 e. The van der Waals surface area contributed by atoms with E-state index in [9.17, 15) is 24.5 Å². The molecule has 0 aromatic heterocycles. The molecule has 2 rings (SSSR count). The van der Waals surface area contributed by atoms with Gasteiger partial charge in [-0.3, -0.25) is 19.7 Å². The van der Waals surface area contributed by atoms with E-state index in [2.05, 4.69) is 10.6 Å². The summed E-state index contributed by atoms with van der Waals surface area (Å²) in [5.41, 5.74) is 0.706. The molecule has 0 saturated carbocycles. The lowest BCUT2D eigenvalue weighted by atomic mass is 10.1. The molecule has 0 fully saturated rings. The lowest BCUT2D eigenvalue weighted by molar-refractivity contribution is -0.384. The second-order valence-corrected chi connectivity index (χ2v) is 5.42. The topological polar surface area (TPSA) is 139 Å². The minimum atomic E-state index is -1.09. The minimum absolute atomic E-state index is 0.0662. The highest BCUT2D eigenvalue weighted by Crippen LogP contribution is 2.15. The van der Waals surface area contributed by atoms with Crippen molar-refractivity contribution < 1.29 is 24.4 Å². The molecule has 9 nitrogen and oxygen atoms in total.